The van der Waals surface area contributed by atoms with Crippen LogP contribution in [-0.2, 0) is 6.42 Å². The molecule has 0 aliphatic rings. The molecule has 0 amide bonds. The molecule has 0 fully saturated rings. The molecule has 120 valence electrons. The molecule has 0 radical (unpaired) electrons. The number of nitrogen functional groups attached to an aromatic ring is 1. The highest BCUT2D eigenvalue weighted by Crippen LogP contribution is 2.32. The third-order valence-corrected chi connectivity index (χ3v) is 3.11. The number of nitro groups is 1. The van der Waals surface area contributed by atoms with Crippen LogP contribution in [0.4, 0.5) is 17.1 Å². The van der Waals surface area contributed by atoms with Gasteiger partial charge in [0.25, 0.3) is 5.69 Å². The van der Waals surface area contributed by atoms with Crippen LogP contribution in [0.1, 0.15) is 26.3 Å². The Morgan fingerprint density at radius 2 is 1.76 bits per heavy atom. The average molecular weight is 296 g/mol. The number of likely N-dealkylation sites (N-methyl/N-ethyl adjacent to an activating group) is 2. The predicted molar refractivity (Wildman–Crippen MR) is 90.1 cm³/mol. The Hall–Kier alpha value is -1.82. The number of nitrogens with zero attached hydrogens (tertiary/aromatic N) is 3. The fourth-order valence-corrected chi connectivity index (χ4v) is 1.86. The maximum absolute atomic E-state index is 11.1. The molecular formula is C15H28N4O2. The van der Waals surface area contributed by atoms with Gasteiger partial charge in [-0.1, -0.05) is 20.8 Å². The monoisotopic (exact) mass is 296 g/mol. The molecule has 0 heterocycles. The van der Waals surface area contributed by atoms with Gasteiger partial charge in [0.2, 0.25) is 0 Å². The van der Waals surface area contributed by atoms with Crippen molar-refractivity contribution in [2.75, 3.05) is 44.9 Å². The molecule has 0 spiro atoms. The van der Waals surface area contributed by atoms with Crippen LogP contribution in [0.3, 0.4) is 0 Å². The molecule has 1 aromatic rings. The molecule has 1 aromatic carbocycles. The fourth-order valence-electron chi connectivity index (χ4n) is 1.86. The lowest BCUT2D eigenvalue weighted by Gasteiger charge is -2.22. The number of nitrogens with two attached hydrogens (primary N) is 1. The SMILES string of the molecule is CC.CCc1cc(N(C)CCN(C)C)c([N+](=O)[O-])cc1N. The summed E-state index contributed by atoms with van der Waals surface area (Å²) >= 11 is 0. The molecular weight excluding hydrogens is 268 g/mol. The van der Waals surface area contributed by atoms with Crippen LogP contribution < -0.4 is 10.6 Å². The van der Waals surface area contributed by atoms with Crippen molar-refractivity contribution in [3.05, 3.63) is 27.8 Å². The highest BCUT2D eigenvalue weighted by molar-refractivity contribution is 5.71. The first-order valence-electron chi connectivity index (χ1n) is 7.29. The first-order valence-corrected chi connectivity index (χ1v) is 7.29. The van der Waals surface area contributed by atoms with Crippen LogP contribution in [0.5, 0.6) is 0 Å². The number of nitro benzene ring substituents is 1. The third-order valence-electron chi connectivity index (χ3n) is 3.11. The summed E-state index contributed by atoms with van der Waals surface area (Å²) in [5.41, 5.74) is 7.95. The summed E-state index contributed by atoms with van der Waals surface area (Å²) in [5, 5.41) is 11.1. The predicted octanol–water partition coefficient (Wildman–Crippen LogP) is 2.76. The molecule has 1 rings (SSSR count). The lowest BCUT2D eigenvalue weighted by molar-refractivity contribution is -0.384. The Balaban J connectivity index is 0.00000191. The van der Waals surface area contributed by atoms with Crippen molar-refractivity contribution < 1.29 is 4.92 Å². The van der Waals surface area contributed by atoms with E-state index in [-0.39, 0.29) is 10.6 Å². The van der Waals surface area contributed by atoms with Crippen LogP contribution in [0.15, 0.2) is 12.1 Å². The molecule has 0 unspecified atom stereocenters. The van der Waals surface area contributed by atoms with Gasteiger partial charge < -0.3 is 15.5 Å². The highest BCUT2D eigenvalue weighted by Gasteiger charge is 2.19. The zero-order valence-corrected chi connectivity index (χ0v) is 14.0. The van der Waals surface area contributed by atoms with Crippen molar-refractivity contribution in [1.29, 1.82) is 0 Å². The van der Waals surface area contributed by atoms with Crippen molar-refractivity contribution in [1.82, 2.24) is 4.90 Å². The smallest absolute Gasteiger partial charge is 0.294 e. The van der Waals surface area contributed by atoms with Crippen molar-refractivity contribution in [2.45, 2.75) is 27.2 Å². The Labute approximate surface area is 127 Å². The molecule has 0 aromatic heterocycles. The summed E-state index contributed by atoms with van der Waals surface area (Å²) in [7, 11) is 5.81. The molecule has 0 atom stereocenters. The maximum atomic E-state index is 11.1. The molecule has 2 N–H and O–H groups in total. The van der Waals surface area contributed by atoms with E-state index in [1.807, 2.05) is 57.8 Å². The zero-order chi connectivity index (χ0) is 16.6. The molecule has 0 bridgehead atoms. The van der Waals surface area contributed by atoms with Crippen molar-refractivity contribution in [3.63, 3.8) is 0 Å². The van der Waals surface area contributed by atoms with Crippen LogP contribution in [-0.4, -0.2) is 44.1 Å². The van der Waals surface area contributed by atoms with Crippen molar-refractivity contribution in [3.8, 4) is 0 Å². The highest BCUT2D eigenvalue weighted by atomic mass is 16.6. The number of hydrogen-bond acceptors (Lipinski definition) is 5. The largest absolute Gasteiger partial charge is 0.398 e. The second kappa shape index (κ2) is 9.18. The first kappa shape index (κ1) is 19.2. The summed E-state index contributed by atoms with van der Waals surface area (Å²) in [6.07, 6.45) is 0.762. The summed E-state index contributed by atoms with van der Waals surface area (Å²) in [6.45, 7) is 7.54. The van der Waals surface area contributed by atoms with Crippen LogP contribution >= 0.6 is 0 Å². The first-order chi connectivity index (χ1) is 9.86. The van der Waals surface area contributed by atoms with Gasteiger partial charge in [0.1, 0.15) is 5.69 Å². The minimum atomic E-state index is -0.378. The summed E-state index contributed by atoms with van der Waals surface area (Å²) < 4.78 is 0. The van der Waals surface area contributed by atoms with Crippen LogP contribution in [0.25, 0.3) is 0 Å². The van der Waals surface area contributed by atoms with E-state index in [0.717, 1.165) is 25.1 Å². The summed E-state index contributed by atoms with van der Waals surface area (Å²) in [5.74, 6) is 0. The quantitative estimate of drug-likeness (QED) is 0.496. The molecule has 6 nitrogen and oxygen atoms in total. The number of benzene rings is 1. The van der Waals surface area contributed by atoms with E-state index in [0.29, 0.717) is 11.4 Å². The Morgan fingerprint density at radius 3 is 2.19 bits per heavy atom. The topological polar surface area (TPSA) is 75.6 Å². The zero-order valence-electron chi connectivity index (χ0n) is 14.0. The van der Waals surface area contributed by atoms with E-state index in [1.54, 1.807) is 0 Å². The Kier molecular flexibility index (Phi) is 8.38. The second-order valence-corrected chi connectivity index (χ2v) is 4.88. The minimum Gasteiger partial charge on any atom is -0.398 e. The van der Waals surface area contributed by atoms with Gasteiger partial charge >= 0.3 is 0 Å². The van der Waals surface area contributed by atoms with Gasteiger partial charge in [0.15, 0.2) is 0 Å². The fraction of sp³-hybridized carbons (Fsp3) is 0.600. The van der Waals surface area contributed by atoms with Gasteiger partial charge in [0.05, 0.1) is 4.92 Å². The van der Waals surface area contributed by atoms with E-state index in [1.165, 1.54) is 6.07 Å². The number of anilines is 2. The molecule has 0 aliphatic heterocycles. The van der Waals surface area contributed by atoms with E-state index in [4.69, 9.17) is 5.73 Å². The lowest BCUT2D eigenvalue weighted by Crippen LogP contribution is -2.29. The maximum Gasteiger partial charge on any atom is 0.294 e. The van der Waals surface area contributed by atoms with E-state index in [2.05, 4.69) is 0 Å². The van der Waals surface area contributed by atoms with Gasteiger partial charge in [-0.05, 0) is 32.1 Å². The van der Waals surface area contributed by atoms with Crippen molar-refractivity contribution in [2.24, 2.45) is 0 Å². The normalized spacial score (nSPS) is 10.0. The van der Waals surface area contributed by atoms with Gasteiger partial charge in [0, 0.05) is 31.9 Å². The average Bonchev–Trinajstić information content (AvgIpc) is 2.46. The van der Waals surface area contributed by atoms with Crippen LogP contribution in [0, 0.1) is 10.1 Å². The molecule has 21 heavy (non-hydrogen) atoms. The molecule has 6 heteroatoms. The minimum absolute atomic E-state index is 0.0657. The number of aryl methyl sites for hydroxylation is 1. The van der Waals surface area contributed by atoms with Crippen LogP contribution in [0.2, 0.25) is 0 Å². The Bertz CT molecular complexity index is 461. The van der Waals surface area contributed by atoms with Gasteiger partial charge in [-0.2, -0.15) is 0 Å². The van der Waals surface area contributed by atoms with Crippen molar-refractivity contribution >= 4 is 17.1 Å². The standard InChI is InChI=1S/C13H22N4O2.C2H6/c1-5-10-8-12(16(4)7-6-15(2)3)13(17(18)19)9-11(10)14;1-2/h8-9H,5-7,14H2,1-4H3;1-2H3. The van der Waals surface area contributed by atoms with Gasteiger partial charge in [-0.15, -0.1) is 0 Å². The van der Waals surface area contributed by atoms with E-state index >= 15 is 0 Å². The molecule has 0 aliphatic carbocycles. The second-order valence-electron chi connectivity index (χ2n) is 4.88. The number of rotatable bonds is 6. The van der Waals surface area contributed by atoms with E-state index < -0.39 is 0 Å². The van der Waals surface area contributed by atoms with E-state index in [9.17, 15) is 10.1 Å². The van der Waals surface area contributed by atoms with Gasteiger partial charge in [-0.3, -0.25) is 10.1 Å². The molecule has 0 saturated carbocycles. The summed E-state index contributed by atoms with van der Waals surface area (Å²) in [6, 6.07) is 3.28. The third kappa shape index (κ3) is 5.59. The Morgan fingerprint density at radius 1 is 1.19 bits per heavy atom. The lowest BCUT2D eigenvalue weighted by atomic mass is 10.1. The molecule has 0 saturated heterocycles. The number of hydrogen-bond donors (Lipinski definition) is 1. The summed E-state index contributed by atoms with van der Waals surface area (Å²) in [4.78, 5) is 14.7. The van der Waals surface area contributed by atoms with Gasteiger partial charge in [-0.25, -0.2) is 0 Å².